The maximum Gasteiger partial charge on any atom is 0.226 e. The fourth-order valence-corrected chi connectivity index (χ4v) is 2.13. The number of aryl methyl sites for hydroxylation is 1. The summed E-state index contributed by atoms with van der Waals surface area (Å²) < 4.78 is 5.11. The van der Waals surface area contributed by atoms with Crippen LogP contribution in [0.1, 0.15) is 23.7 Å². The molecule has 2 rings (SSSR count). The van der Waals surface area contributed by atoms with Crippen LogP contribution in [0.2, 0.25) is 10.0 Å². The molecule has 1 aromatic carbocycles. The number of aromatic nitrogens is 2. The topological polar surface area (TPSA) is 38.9 Å². The molecule has 0 N–H and O–H groups in total. The molecule has 0 fully saturated rings. The van der Waals surface area contributed by atoms with Gasteiger partial charge in [-0.25, -0.2) is 0 Å². The van der Waals surface area contributed by atoms with Crippen molar-refractivity contribution >= 4 is 34.8 Å². The second-order valence-corrected chi connectivity index (χ2v) is 5.03. The summed E-state index contributed by atoms with van der Waals surface area (Å²) in [6.45, 7) is 0. The first-order valence-corrected chi connectivity index (χ1v) is 6.79. The fraction of sp³-hybridized carbons (Fsp3) is 0.333. The van der Waals surface area contributed by atoms with Gasteiger partial charge < -0.3 is 4.52 Å². The lowest BCUT2D eigenvalue weighted by Gasteiger charge is -2.00. The molecule has 0 saturated heterocycles. The molecule has 0 spiro atoms. The van der Waals surface area contributed by atoms with E-state index in [1.165, 1.54) is 0 Å². The van der Waals surface area contributed by atoms with Gasteiger partial charge in [0.05, 0.1) is 0 Å². The number of rotatable bonds is 5. The summed E-state index contributed by atoms with van der Waals surface area (Å²) in [6, 6.07) is 5.35. The number of hydrogen-bond acceptors (Lipinski definition) is 3. The molecule has 0 unspecified atom stereocenters. The van der Waals surface area contributed by atoms with Crippen LogP contribution in [0.3, 0.4) is 0 Å². The first kappa shape index (κ1) is 13.7. The van der Waals surface area contributed by atoms with E-state index in [2.05, 4.69) is 10.1 Å². The molecule has 0 saturated carbocycles. The number of alkyl halides is 1. The van der Waals surface area contributed by atoms with E-state index in [1.807, 2.05) is 6.07 Å². The van der Waals surface area contributed by atoms with Crippen LogP contribution < -0.4 is 0 Å². The van der Waals surface area contributed by atoms with E-state index in [0.717, 1.165) is 12.0 Å². The number of benzene rings is 1. The van der Waals surface area contributed by atoms with Crippen LogP contribution in [0.5, 0.6) is 0 Å². The van der Waals surface area contributed by atoms with Crippen LogP contribution in [0.25, 0.3) is 0 Å². The molecule has 96 valence electrons. The summed E-state index contributed by atoms with van der Waals surface area (Å²) in [7, 11) is 0. The van der Waals surface area contributed by atoms with Crippen molar-refractivity contribution in [1.29, 1.82) is 0 Å². The zero-order chi connectivity index (χ0) is 13.0. The molecule has 0 bridgehead atoms. The van der Waals surface area contributed by atoms with Crippen molar-refractivity contribution in [1.82, 2.24) is 10.1 Å². The summed E-state index contributed by atoms with van der Waals surface area (Å²) >= 11 is 17.5. The predicted octanol–water partition coefficient (Wildman–Crippen LogP) is 4.14. The first-order valence-electron chi connectivity index (χ1n) is 5.50. The summed E-state index contributed by atoms with van der Waals surface area (Å²) in [6.07, 6.45) is 2.05. The zero-order valence-electron chi connectivity index (χ0n) is 9.50. The Labute approximate surface area is 120 Å². The minimum atomic E-state index is 0.528. The van der Waals surface area contributed by atoms with Crippen LogP contribution in [-0.2, 0) is 12.8 Å². The quantitative estimate of drug-likeness (QED) is 0.779. The van der Waals surface area contributed by atoms with Gasteiger partial charge >= 0.3 is 0 Å². The molecule has 0 aliphatic rings. The monoisotopic (exact) mass is 304 g/mol. The molecule has 6 heteroatoms. The number of hydrogen-bond donors (Lipinski definition) is 0. The van der Waals surface area contributed by atoms with Gasteiger partial charge in [0.2, 0.25) is 5.89 Å². The van der Waals surface area contributed by atoms with Crippen molar-refractivity contribution in [2.75, 3.05) is 5.88 Å². The van der Waals surface area contributed by atoms with Crippen molar-refractivity contribution in [2.45, 2.75) is 19.3 Å². The molecule has 2 aromatic rings. The van der Waals surface area contributed by atoms with E-state index in [0.29, 0.717) is 40.5 Å². The third-order valence-electron chi connectivity index (χ3n) is 2.40. The highest BCUT2D eigenvalue weighted by molar-refractivity contribution is 6.35. The van der Waals surface area contributed by atoms with E-state index < -0.39 is 0 Å². The van der Waals surface area contributed by atoms with Gasteiger partial charge in [0.15, 0.2) is 5.82 Å². The largest absolute Gasteiger partial charge is 0.339 e. The van der Waals surface area contributed by atoms with Crippen LogP contribution in [-0.4, -0.2) is 16.0 Å². The van der Waals surface area contributed by atoms with E-state index in [-0.39, 0.29) is 0 Å². The predicted molar refractivity (Wildman–Crippen MR) is 72.6 cm³/mol. The average molecular weight is 306 g/mol. The van der Waals surface area contributed by atoms with Crippen molar-refractivity contribution in [3.05, 3.63) is 45.5 Å². The molecule has 0 atom stereocenters. The van der Waals surface area contributed by atoms with Crippen molar-refractivity contribution in [3.63, 3.8) is 0 Å². The third kappa shape index (κ3) is 3.61. The maximum atomic E-state index is 6.08. The smallest absolute Gasteiger partial charge is 0.226 e. The molecule has 0 aliphatic carbocycles. The van der Waals surface area contributed by atoms with Crippen molar-refractivity contribution in [2.24, 2.45) is 0 Å². The Morgan fingerprint density at radius 2 is 2.06 bits per heavy atom. The van der Waals surface area contributed by atoms with Crippen LogP contribution >= 0.6 is 34.8 Å². The van der Waals surface area contributed by atoms with Crippen LogP contribution in [0.15, 0.2) is 22.7 Å². The van der Waals surface area contributed by atoms with Gasteiger partial charge in [0.1, 0.15) is 0 Å². The Kier molecular flexibility index (Phi) is 4.87. The van der Waals surface area contributed by atoms with Gasteiger partial charge in [-0.15, -0.1) is 11.6 Å². The Bertz CT molecular complexity index is 528. The highest BCUT2D eigenvalue weighted by Crippen LogP contribution is 2.22. The second kappa shape index (κ2) is 6.41. The summed E-state index contributed by atoms with van der Waals surface area (Å²) in [5.41, 5.74) is 0.922. The highest BCUT2D eigenvalue weighted by atomic mass is 35.5. The third-order valence-corrected chi connectivity index (χ3v) is 3.25. The molecule has 0 amide bonds. The highest BCUT2D eigenvalue weighted by Gasteiger charge is 2.09. The second-order valence-electron chi connectivity index (χ2n) is 3.81. The fourth-order valence-electron chi connectivity index (χ4n) is 1.52. The minimum absolute atomic E-state index is 0.528. The van der Waals surface area contributed by atoms with E-state index >= 15 is 0 Å². The Hall–Kier alpha value is -0.770. The molecule has 0 aliphatic heterocycles. The number of nitrogens with zero attached hydrogens (tertiary/aromatic N) is 2. The van der Waals surface area contributed by atoms with E-state index in [4.69, 9.17) is 39.3 Å². The molecule has 0 radical (unpaired) electrons. The van der Waals surface area contributed by atoms with Gasteiger partial charge in [0.25, 0.3) is 0 Å². The lowest BCUT2D eigenvalue weighted by molar-refractivity contribution is 0.373. The molecule has 1 heterocycles. The molecular weight excluding hydrogens is 295 g/mol. The van der Waals surface area contributed by atoms with Gasteiger partial charge in [-0.05, 0) is 24.1 Å². The SMILES string of the molecule is ClCCCc1nc(Cc2ccc(Cl)cc2Cl)no1. The molecule has 18 heavy (non-hydrogen) atoms. The average Bonchev–Trinajstić information content (AvgIpc) is 2.78. The van der Waals surface area contributed by atoms with Gasteiger partial charge in [-0.1, -0.05) is 34.4 Å². The van der Waals surface area contributed by atoms with Crippen LogP contribution in [0.4, 0.5) is 0 Å². The van der Waals surface area contributed by atoms with Crippen LogP contribution in [0, 0.1) is 0 Å². The molecular formula is C12H11Cl3N2O. The van der Waals surface area contributed by atoms with E-state index in [9.17, 15) is 0 Å². The lowest BCUT2D eigenvalue weighted by atomic mass is 10.1. The lowest BCUT2D eigenvalue weighted by Crippen LogP contribution is -1.93. The zero-order valence-corrected chi connectivity index (χ0v) is 11.8. The van der Waals surface area contributed by atoms with Crippen molar-refractivity contribution in [3.8, 4) is 0 Å². The minimum Gasteiger partial charge on any atom is -0.339 e. The van der Waals surface area contributed by atoms with Crippen molar-refractivity contribution < 1.29 is 4.52 Å². The summed E-state index contributed by atoms with van der Waals surface area (Å²) in [5.74, 6) is 1.81. The van der Waals surface area contributed by atoms with Gasteiger partial charge in [-0.2, -0.15) is 4.98 Å². The Morgan fingerprint density at radius 1 is 1.22 bits per heavy atom. The normalized spacial score (nSPS) is 10.8. The molecule has 3 nitrogen and oxygen atoms in total. The summed E-state index contributed by atoms with van der Waals surface area (Å²) in [5, 5.41) is 5.12. The Morgan fingerprint density at radius 3 is 2.78 bits per heavy atom. The number of halogens is 3. The van der Waals surface area contributed by atoms with Gasteiger partial charge in [-0.3, -0.25) is 0 Å². The standard InChI is InChI=1S/C12H11Cl3N2O/c13-5-1-2-12-16-11(17-18-12)6-8-3-4-9(14)7-10(8)15/h3-4,7H,1-2,5-6H2. The Balaban J connectivity index is 2.06. The van der Waals surface area contributed by atoms with Gasteiger partial charge in [0, 0.05) is 28.8 Å². The van der Waals surface area contributed by atoms with E-state index in [1.54, 1.807) is 12.1 Å². The maximum absolute atomic E-state index is 6.08. The summed E-state index contributed by atoms with van der Waals surface area (Å²) in [4.78, 5) is 4.28. The molecule has 1 aromatic heterocycles. The first-order chi connectivity index (χ1) is 8.69.